The number of hydrogen-bond donors (Lipinski definition) is 3. The van der Waals surface area contributed by atoms with Crippen LogP contribution in [0.5, 0.6) is 0 Å². The van der Waals surface area contributed by atoms with E-state index in [1.807, 2.05) is 6.07 Å². The number of aryl methyl sites for hydroxylation is 1. The maximum atomic E-state index is 12.5. The Kier molecular flexibility index (Phi) is 5.86. The number of benzene rings is 2. The molecule has 0 radical (unpaired) electrons. The number of sulfonamides is 1. The fourth-order valence-electron chi connectivity index (χ4n) is 3.39. The molecule has 0 aliphatic heterocycles. The first-order valence-electron chi connectivity index (χ1n) is 8.63. The van der Waals surface area contributed by atoms with Crippen LogP contribution in [0.15, 0.2) is 47.4 Å². The number of fused-ring (bicyclic) bond motifs is 1. The van der Waals surface area contributed by atoms with Gasteiger partial charge in [-0.25, -0.2) is 13.1 Å². The molecule has 2 unspecified atom stereocenters. The van der Waals surface area contributed by atoms with Gasteiger partial charge < -0.3 is 10.8 Å². The largest absolute Gasteiger partial charge is 0.378 e. The van der Waals surface area contributed by atoms with Crippen molar-refractivity contribution in [1.29, 1.82) is 0 Å². The van der Waals surface area contributed by atoms with Gasteiger partial charge in [-0.2, -0.15) is 0 Å². The summed E-state index contributed by atoms with van der Waals surface area (Å²) in [4.78, 5) is 11.4. The van der Waals surface area contributed by atoms with Gasteiger partial charge in [-0.1, -0.05) is 29.8 Å². The molecule has 1 amide bonds. The molecular formula is C19H21ClN2O4S. The highest BCUT2D eigenvalue weighted by Crippen LogP contribution is 2.33. The number of primary amides is 1. The predicted molar refractivity (Wildman–Crippen MR) is 103 cm³/mol. The molecule has 2 atom stereocenters. The molecule has 8 heteroatoms. The highest BCUT2D eigenvalue weighted by atomic mass is 35.5. The lowest BCUT2D eigenvalue weighted by Gasteiger charge is -2.26. The summed E-state index contributed by atoms with van der Waals surface area (Å²) in [7, 11) is -3.62. The average molecular weight is 409 g/mol. The van der Waals surface area contributed by atoms with E-state index in [2.05, 4.69) is 4.72 Å². The number of nitrogens with one attached hydrogen (secondary N) is 1. The van der Waals surface area contributed by atoms with Crippen molar-refractivity contribution >= 4 is 27.5 Å². The van der Waals surface area contributed by atoms with Crippen molar-refractivity contribution in [2.45, 2.75) is 36.2 Å². The molecule has 2 aromatic rings. The lowest BCUT2D eigenvalue weighted by Crippen LogP contribution is -2.30. The molecule has 0 aromatic heterocycles. The number of carbonyl (C=O) groups excluding carboxylic acids is 1. The average Bonchev–Trinajstić information content (AvgIpc) is 2.65. The third-order valence-electron chi connectivity index (χ3n) is 4.83. The molecule has 27 heavy (non-hydrogen) atoms. The van der Waals surface area contributed by atoms with E-state index in [0.29, 0.717) is 10.6 Å². The van der Waals surface area contributed by atoms with E-state index in [1.54, 1.807) is 12.1 Å². The molecule has 0 spiro atoms. The fourth-order valence-corrected chi connectivity index (χ4v) is 4.60. The zero-order valence-electron chi connectivity index (χ0n) is 14.6. The second-order valence-electron chi connectivity index (χ2n) is 6.66. The van der Waals surface area contributed by atoms with Crippen molar-refractivity contribution in [2.75, 3.05) is 6.54 Å². The minimum atomic E-state index is -3.62. The van der Waals surface area contributed by atoms with Crippen LogP contribution in [0.1, 0.15) is 41.6 Å². The molecule has 2 aromatic carbocycles. The Labute approximate surface area is 163 Å². The highest BCUT2D eigenvalue weighted by Gasteiger charge is 2.24. The van der Waals surface area contributed by atoms with E-state index < -0.39 is 22.0 Å². The topological polar surface area (TPSA) is 109 Å². The normalized spacial score (nSPS) is 17.9. The van der Waals surface area contributed by atoms with E-state index in [1.165, 1.54) is 24.3 Å². The van der Waals surface area contributed by atoms with Gasteiger partial charge in [0.05, 0.1) is 4.90 Å². The number of nitrogens with two attached hydrogens (primary N) is 1. The molecule has 144 valence electrons. The van der Waals surface area contributed by atoms with Crippen LogP contribution >= 0.6 is 11.6 Å². The Morgan fingerprint density at radius 3 is 2.63 bits per heavy atom. The van der Waals surface area contributed by atoms with Crippen LogP contribution in [-0.4, -0.2) is 26.0 Å². The van der Waals surface area contributed by atoms with Gasteiger partial charge >= 0.3 is 0 Å². The third-order valence-corrected chi connectivity index (χ3v) is 6.53. The summed E-state index contributed by atoms with van der Waals surface area (Å²) in [5, 5.41) is 10.3. The molecule has 0 saturated heterocycles. The van der Waals surface area contributed by atoms with E-state index >= 15 is 0 Å². The number of rotatable bonds is 6. The van der Waals surface area contributed by atoms with Crippen LogP contribution in [-0.2, 0) is 21.2 Å². The zero-order valence-corrected chi connectivity index (χ0v) is 16.1. The quantitative estimate of drug-likeness (QED) is 0.680. The first-order chi connectivity index (χ1) is 12.8. The third kappa shape index (κ3) is 4.50. The van der Waals surface area contributed by atoms with Crippen molar-refractivity contribution in [1.82, 2.24) is 4.72 Å². The molecule has 6 nitrogen and oxygen atoms in total. The SMILES string of the molecule is NC(=O)C(O)c1ccc2c(c1)CCCC2CNS(=O)(=O)c1ccc(Cl)cc1. The number of halogens is 1. The number of aliphatic hydroxyl groups excluding tert-OH is 1. The fraction of sp³-hybridized carbons (Fsp3) is 0.316. The molecule has 4 N–H and O–H groups in total. The van der Waals surface area contributed by atoms with Crippen LogP contribution in [0.2, 0.25) is 5.02 Å². The summed E-state index contributed by atoms with van der Waals surface area (Å²) in [6.07, 6.45) is 1.23. The second-order valence-corrected chi connectivity index (χ2v) is 8.86. The van der Waals surface area contributed by atoms with Crippen molar-refractivity contribution in [3.63, 3.8) is 0 Å². The van der Waals surface area contributed by atoms with E-state index in [0.717, 1.165) is 30.4 Å². The van der Waals surface area contributed by atoms with E-state index in [4.69, 9.17) is 17.3 Å². The molecular weight excluding hydrogens is 388 g/mol. The van der Waals surface area contributed by atoms with Gasteiger partial charge in [0.2, 0.25) is 10.0 Å². The predicted octanol–water partition coefficient (Wildman–Crippen LogP) is 2.26. The van der Waals surface area contributed by atoms with Crippen LogP contribution < -0.4 is 10.5 Å². The lowest BCUT2D eigenvalue weighted by molar-refractivity contribution is -0.126. The monoisotopic (exact) mass is 408 g/mol. The Hall–Kier alpha value is -1.93. The number of hydrogen-bond acceptors (Lipinski definition) is 4. The molecule has 0 fully saturated rings. The van der Waals surface area contributed by atoms with Crippen LogP contribution in [0.25, 0.3) is 0 Å². The Bertz CT molecular complexity index is 945. The summed E-state index contributed by atoms with van der Waals surface area (Å²) < 4.78 is 27.6. The van der Waals surface area contributed by atoms with Crippen LogP contribution in [0, 0.1) is 0 Å². The lowest BCUT2D eigenvalue weighted by atomic mass is 9.81. The Morgan fingerprint density at radius 1 is 1.26 bits per heavy atom. The Morgan fingerprint density at radius 2 is 1.96 bits per heavy atom. The van der Waals surface area contributed by atoms with Crippen molar-refractivity contribution in [2.24, 2.45) is 5.73 Å². The minimum Gasteiger partial charge on any atom is -0.378 e. The van der Waals surface area contributed by atoms with Gasteiger partial charge in [0.25, 0.3) is 5.91 Å². The van der Waals surface area contributed by atoms with Crippen molar-refractivity contribution in [3.8, 4) is 0 Å². The van der Waals surface area contributed by atoms with Gasteiger partial charge in [0.1, 0.15) is 0 Å². The van der Waals surface area contributed by atoms with Gasteiger partial charge in [0, 0.05) is 11.6 Å². The van der Waals surface area contributed by atoms with Crippen LogP contribution in [0.3, 0.4) is 0 Å². The van der Waals surface area contributed by atoms with E-state index in [-0.39, 0.29) is 17.4 Å². The summed E-state index contributed by atoms with van der Waals surface area (Å²) in [6, 6.07) is 11.3. The van der Waals surface area contributed by atoms with Gasteiger partial charge in [-0.15, -0.1) is 0 Å². The first-order valence-corrected chi connectivity index (χ1v) is 10.5. The summed E-state index contributed by atoms with van der Waals surface area (Å²) in [5.74, 6) is -0.770. The maximum absolute atomic E-state index is 12.5. The molecule has 1 aliphatic rings. The van der Waals surface area contributed by atoms with Gasteiger partial charge in [-0.3, -0.25) is 4.79 Å². The molecule has 0 saturated carbocycles. The number of aliphatic hydroxyl groups is 1. The summed E-state index contributed by atoms with van der Waals surface area (Å²) >= 11 is 5.81. The number of carbonyl (C=O) groups is 1. The molecule has 1 aliphatic carbocycles. The number of amides is 1. The minimum absolute atomic E-state index is 0.0237. The Balaban J connectivity index is 1.76. The maximum Gasteiger partial charge on any atom is 0.250 e. The molecule has 0 heterocycles. The highest BCUT2D eigenvalue weighted by molar-refractivity contribution is 7.89. The van der Waals surface area contributed by atoms with Gasteiger partial charge in [-0.05, 0) is 66.1 Å². The first kappa shape index (κ1) is 19.8. The van der Waals surface area contributed by atoms with Crippen molar-refractivity contribution < 1.29 is 18.3 Å². The van der Waals surface area contributed by atoms with Crippen LogP contribution in [0.4, 0.5) is 0 Å². The molecule has 3 rings (SSSR count). The zero-order chi connectivity index (χ0) is 19.6. The smallest absolute Gasteiger partial charge is 0.250 e. The van der Waals surface area contributed by atoms with E-state index in [9.17, 15) is 18.3 Å². The summed E-state index contributed by atoms with van der Waals surface area (Å²) in [6.45, 7) is 0.273. The van der Waals surface area contributed by atoms with Crippen molar-refractivity contribution in [3.05, 3.63) is 64.2 Å². The second kappa shape index (κ2) is 7.98. The van der Waals surface area contributed by atoms with Gasteiger partial charge in [0.15, 0.2) is 6.10 Å². The standard InChI is InChI=1S/C19H21ClN2O4S/c20-15-5-7-16(8-6-15)27(25,26)22-11-14-3-1-2-12-10-13(4-9-17(12)14)18(23)19(21)24/h4-10,14,18,22-23H,1-3,11H2,(H2,21,24). The molecule has 0 bridgehead atoms. The summed E-state index contributed by atoms with van der Waals surface area (Å²) in [5.41, 5.74) is 7.66.